The van der Waals surface area contributed by atoms with Crippen LogP contribution in [-0.2, 0) is 9.47 Å². The van der Waals surface area contributed by atoms with E-state index in [9.17, 15) is 5.11 Å². The molecule has 0 amide bonds. The van der Waals surface area contributed by atoms with Gasteiger partial charge in [0, 0.05) is 0 Å². The third-order valence-electron chi connectivity index (χ3n) is 3.84. The molecule has 1 aliphatic carbocycles. The van der Waals surface area contributed by atoms with E-state index in [0.29, 0.717) is 5.92 Å². The van der Waals surface area contributed by atoms with E-state index in [1.165, 1.54) is 19.3 Å². The lowest BCUT2D eigenvalue weighted by Gasteiger charge is -2.30. The van der Waals surface area contributed by atoms with Crippen LogP contribution in [0.2, 0.25) is 0 Å². The minimum atomic E-state index is -0.844. The van der Waals surface area contributed by atoms with E-state index in [4.69, 9.17) is 14.6 Å². The lowest BCUT2D eigenvalue weighted by molar-refractivity contribution is -0.160. The summed E-state index contributed by atoms with van der Waals surface area (Å²) in [6, 6.07) is 0. The monoisotopic (exact) mass is 244 g/mol. The highest BCUT2D eigenvalue weighted by Crippen LogP contribution is 2.39. The first kappa shape index (κ1) is 13.3. The van der Waals surface area contributed by atoms with Gasteiger partial charge in [0.25, 0.3) is 0 Å². The lowest BCUT2D eigenvalue weighted by atomic mass is 9.82. The van der Waals surface area contributed by atoms with Crippen molar-refractivity contribution >= 4 is 0 Å². The van der Waals surface area contributed by atoms with Gasteiger partial charge in [0.1, 0.15) is 12.2 Å². The molecule has 100 valence electrons. The normalized spacial score (nSPS) is 36.0. The number of ether oxygens (including phenoxy) is 2. The summed E-state index contributed by atoms with van der Waals surface area (Å²) in [4.78, 5) is 0. The fraction of sp³-hybridized carbons (Fsp3) is 1.00. The van der Waals surface area contributed by atoms with Crippen LogP contribution in [0.1, 0.15) is 46.0 Å². The Morgan fingerprint density at radius 3 is 2.41 bits per heavy atom. The maximum absolute atomic E-state index is 9.84. The van der Waals surface area contributed by atoms with Crippen LogP contribution in [0.4, 0.5) is 0 Å². The van der Waals surface area contributed by atoms with Gasteiger partial charge in [-0.3, -0.25) is 0 Å². The Kier molecular flexibility index (Phi) is 4.08. The van der Waals surface area contributed by atoms with Crippen molar-refractivity contribution in [3.8, 4) is 0 Å². The molecule has 0 radical (unpaired) electrons. The minimum Gasteiger partial charge on any atom is -0.394 e. The number of aliphatic hydroxyl groups is 2. The Bertz CT molecular complexity index is 248. The number of hydrogen-bond donors (Lipinski definition) is 2. The molecule has 1 saturated carbocycles. The average Bonchev–Trinajstić information content (AvgIpc) is 2.65. The predicted molar refractivity (Wildman–Crippen MR) is 63.5 cm³/mol. The van der Waals surface area contributed by atoms with Gasteiger partial charge in [-0.1, -0.05) is 19.3 Å². The van der Waals surface area contributed by atoms with Gasteiger partial charge in [-0.2, -0.15) is 0 Å². The van der Waals surface area contributed by atoms with Gasteiger partial charge in [0.15, 0.2) is 5.79 Å². The molecule has 17 heavy (non-hydrogen) atoms. The molecule has 1 heterocycles. The molecule has 3 atom stereocenters. The third kappa shape index (κ3) is 2.99. The smallest absolute Gasteiger partial charge is 0.163 e. The molecule has 0 unspecified atom stereocenters. The largest absolute Gasteiger partial charge is 0.394 e. The molecule has 4 nitrogen and oxygen atoms in total. The molecule has 0 aromatic heterocycles. The topological polar surface area (TPSA) is 58.9 Å². The quantitative estimate of drug-likeness (QED) is 0.788. The van der Waals surface area contributed by atoms with Crippen LogP contribution in [0.25, 0.3) is 0 Å². The Morgan fingerprint density at radius 1 is 1.18 bits per heavy atom. The number of hydrogen-bond acceptors (Lipinski definition) is 4. The molecule has 4 heteroatoms. The molecule has 0 aromatic carbocycles. The molecule has 2 fully saturated rings. The first-order valence-corrected chi connectivity index (χ1v) is 6.68. The fourth-order valence-electron chi connectivity index (χ4n) is 3.05. The van der Waals surface area contributed by atoms with Crippen molar-refractivity contribution in [2.24, 2.45) is 5.92 Å². The molecule has 2 aliphatic rings. The Hall–Kier alpha value is -0.160. The lowest BCUT2D eigenvalue weighted by Crippen LogP contribution is -2.42. The van der Waals surface area contributed by atoms with E-state index in [-0.39, 0.29) is 12.7 Å². The van der Waals surface area contributed by atoms with Crippen molar-refractivity contribution in [1.82, 2.24) is 0 Å². The molecule has 0 aromatic rings. The van der Waals surface area contributed by atoms with E-state index in [2.05, 4.69) is 0 Å². The fourth-order valence-corrected chi connectivity index (χ4v) is 3.05. The Labute approximate surface area is 103 Å². The first-order valence-electron chi connectivity index (χ1n) is 6.68. The zero-order chi connectivity index (χ0) is 12.5. The van der Waals surface area contributed by atoms with E-state index < -0.39 is 18.0 Å². The molecule has 1 aliphatic heterocycles. The summed E-state index contributed by atoms with van der Waals surface area (Å²) in [5.74, 6) is -0.195. The molecular formula is C13H24O4. The molecule has 2 N–H and O–H groups in total. The Morgan fingerprint density at radius 2 is 1.82 bits per heavy atom. The van der Waals surface area contributed by atoms with Crippen LogP contribution < -0.4 is 0 Å². The predicted octanol–water partition coefficient (Wildman–Crippen LogP) is 1.44. The van der Waals surface area contributed by atoms with Gasteiger partial charge in [-0.25, -0.2) is 0 Å². The van der Waals surface area contributed by atoms with E-state index in [0.717, 1.165) is 12.8 Å². The highest BCUT2D eigenvalue weighted by Gasteiger charge is 2.47. The van der Waals surface area contributed by atoms with E-state index in [1.807, 2.05) is 13.8 Å². The summed E-state index contributed by atoms with van der Waals surface area (Å²) in [5.41, 5.74) is 0. The van der Waals surface area contributed by atoms with E-state index >= 15 is 0 Å². The van der Waals surface area contributed by atoms with Crippen LogP contribution in [0.5, 0.6) is 0 Å². The molecule has 0 bridgehead atoms. The van der Waals surface area contributed by atoms with Crippen molar-refractivity contribution in [2.45, 2.75) is 70.1 Å². The van der Waals surface area contributed by atoms with Crippen LogP contribution in [-0.4, -0.2) is 40.9 Å². The third-order valence-corrected chi connectivity index (χ3v) is 3.84. The molecule has 2 rings (SSSR count). The molecular weight excluding hydrogens is 220 g/mol. The second-order valence-corrected chi connectivity index (χ2v) is 5.71. The zero-order valence-electron chi connectivity index (χ0n) is 10.8. The van der Waals surface area contributed by atoms with Crippen LogP contribution in [0, 0.1) is 5.92 Å². The van der Waals surface area contributed by atoms with Crippen molar-refractivity contribution in [2.75, 3.05) is 6.61 Å². The number of aliphatic hydroxyl groups excluding tert-OH is 2. The summed E-state index contributed by atoms with van der Waals surface area (Å²) < 4.78 is 11.7. The molecule has 0 spiro atoms. The van der Waals surface area contributed by atoms with Crippen molar-refractivity contribution in [3.05, 3.63) is 0 Å². The van der Waals surface area contributed by atoms with Crippen molar-refractivity contribution in [1.29, 1.82) is 0 Å². The van der Waals surface area contributed by atoms with Crippen molar-refractivity contribution < 1.29 is 19.7 Å². The maximum Gasteiger partial charge on any atom is 0.163 e. The zero-order valence-corrected chi connectivity index (χ0v) is 10.8. The summed E-state index contributed by atoms with van der Waals surface area (Å²) in [6.45, 7) is 3.47. The Balaban J connectivity index is 2.06. The average molecular weight is 244 g/mol. The van der Waals surface area contributed by atoms with Crippen LogP contribution >= 0.6 is 0 Å². The maximum atomic E-state index is 9.84. The van der Waals surface area contributed by atoms with Gasteiger partial charge in [0.05, 0.1) is 12.7 Å². The van der Waals surface area contributed by atoms with Gasteiger partial charge in [0.2, 0.25) is 0 Å². The van der Waals surface area contributed by atoms with Crippen molar-refractivity contribution in [3.63, 3.8) is 0 Å². The number of rotatable bonds is 3. The van der Waals surface area contributed by atoms with Crippen LogP contribution in [0.15, 0.2) is 0 Å². The highest BCUT2D eigenvalue weighted by molar-refractivity contribution is 4.91. The summed E-state index contributed by atoms with van der Waals surface area (Å²) >= 11 is 0. The SMILES string of the molecule is CC1(C)O[C@H]([C@@H](O)CO)[C@@H](C2CCCCC2)O1. The standard InChI is InChI=1S/C13H24O4/c1-13(2)16-11(9-6-4-3-5-7-9)12(17-13)10(15)8-14/h9-12,14-15H,3-8H2,1-2H3/t10-,11+,12+/m0/s1. The molecule has 1 saturated heterocycles. The van der Waals surface area contributed by atoms with Gasteiger partial charge < -0.3 is 19.7 Å². The minimum absolute atomic E-state index is 0.0764. The first-order chi connectivity index (χ1) is 8.03. The summed E-state index contributed by atoms with van der Waals surface area (Å²) in [6.07, 6.45) is 4.71. The second-order valence-electron chi connectivity index (χ2n) is 5.71. The van der Waals surface area contributed by atoms with Crippen LogP contribution in [0.3, 0.4) is 0 Å². The van der Waals surface area contributed by atoms with Gasteiger partial charge in [-0.05, 0) is 32.6 Å². The second kappa shape index (κ2) is 5.22. The van der Waals surface area contributed by atoms with Gasteiger partial charge in [-0.15, -0.1) is 0 Å². The summed E-state index contributed by atoms with van der Waals surface area (Å²) in [7, 11) is 0. The summed E-state index contributed by atoms with van der Waals surface area (Å²) in [5, 5.41) is 18.9. The van der Waals surface area contributed by atoms with Gasteiger partial charge >= 0.3 is 0 Å². The van der Waals surface area contributed by atoms with E-state index in [1.54, 1.807) is 0 Å². The highest BCUT2D eigenvalue weighted by atomic mass is 16.8.